The molecule has 66 valence electrons. The van der Waals surface area contributed by atoms with Crippen LogP contribution in [0.3, 0.4) is 0 Å². The Bertz CT molecular complexity index is 114. The Morgan fingerprint density at radius 2 is 2.09 bits per heavy atom. The Kier molecular flexibility index (Phi) is 3.73. The van der Waals surface area contributed by atoms with Crippen molar-refractivity contribution in [2.24, 2.45) is 0 Å². The summed E-state index contributed by atoms with van der Waals surface area (Å²) in [6.07, 6.45) is 6.39. The Labute approximate surface area is 74.3 Å². The van der Waals surface area contributed by atoms with E-state index in [-0.39, 0.29) is 0 Å². The van der Waals surface area contributed by atoms with Crippen LogP contribution in [0.5, 0.6) is 0 Å². The average molecular weight is 173 g/mol. The van der Waals surface area contributed by atoms with E-state index in [1.54, 1.807) is 0 Å². The first-order valence-electron chi connectivity index (χ1n) is 4.51. The minimum absolute atomic E-state index is 0.653. The third-order valence-electron chi connectivity index (χ3n) is 2.29. The number of hydrogen-bond acceptors (Lipinski definition) is 2. The van der Waals surface area contributed by atoms with E-state index in [9.17, 15) is 0 Å². The van der Waals surface area contributed by atoms with Crippen molar-refractivity contribution in [2.75, 3.05) is 6.26 Å². The van der Waals surface area contributed by atoms with Gasteiger partial charge in [0.25, 0.3) is 0 Å². The van der Waals surface area contributed by atoms with Gasteiger partial charge in [-0.15, -0.1) is 0 Å². The number of rotatable bonds is 3. The highest BCUT2D eigenvalue weighted by atomic mass is 32.2. The molecule has 0 saturated heterocycles. The molecule has 1 nitrogen and oxygen atoms in total. The van der Waals surface area contributed by atoms with Gasteiger partial charge in [-0.1, -0.05) is 13.8 Å². The Balaban J connectivity index is 2.19. The maximum absolute atomic E-state index is 3.59. The molecule has 2 heteroatoms. The smallest absolute Gasteiger partial charge is 0.00803 e. The highest BCUT2D eigenvalue weighted by molar-refractivity contribution is 7.99. The monoisotopic (exact) mass is 173 g/mol. The van der Waals surface area contributed by atoms with Crippen LogP contribution in [0.25, 0.3) is 0 Å². The molecule has 1 fully saturated rings. The molecule has 0 heterocycles. The summed E-state index contributed by atoms with van der Waals surface area (Å²) in [5.41, 5.74) is 0. The maximum atomic E-state index is 3.59. The highest BCUT2D eigenvalue weighted by Gasteiger charge is 2.23. The van der Waals surface area contributed by atoms with E-state index in [0.29, 0.717) is 6.04 Å². The molecular formula is C9H19NS. The summed E-state index contributed by atoms with van der Waals surface area (Å²) >= 11 is 2.02. The SMILES string of the molecule is CSC1CCC(NC(C)C)C1. The van der Waals surface area contributed by atoms with Crippen molar-refractivity contribution in [3.63, 3.8) is 0 Å². The summed E-state index contributed by atoms with van der Waals surface area (Å²) in [4.78, 5) is 0. The van der Waals surface area contributed by atoms with E-state index in [4.69, 9.17) is 0 Å². The van der Waals surface area contributed by atoms with E-state index in [0.717, 1.165) is 11.3 Å². The van der Waals surface area contributed by atoms with Crippen molar-refractivity contribution in [3.8, 4) is 0 Å². The summed E-state index contributed by atoms with van der Waals surface area (Å²) < 4.78 is 0. The van der Waals surface area contributed by atoms with Crippen LogP contribution in [-0.4, -0.2) is 23.6 Å². The molecule has 1 aliphatic carbocycles. The van der Waals surface area contributed by atoms with Gasteiger partial charge >= 0.3 is 0 Å². The summed E-state index contributed by atoms with van der Waals surface area (Å²) in [6.45, 7) is 4.46. The predicted molar refractivity (Wildman–Crippen MR) is 53.2 cm³/mol. The van der Waals surface area contributed by atoms with Crippen LogP contribution in [0.2, 0.25) is 0 Å². The quantitative estimate of drug-likeness (QED) is 0.702. The summed E-state index contributed by atoms with van der Waals surface area (Å²) in [5.74, 6) is 0. The number of thioether (sulfide) groups is 1. The molecule has 0 amide bonds. The predicted octanol–water partition coefficient (Wildman–Crippen LogP) is 2.27. The van der Waals surface area contributed by atoms with E-state index >= 15 is 0 Å². The van der Waals surface area contributed by atoms with Crippen LogP contribution >= 0.6 is 11.8 Å². The van der Waals surface area contributed by atoms with Crippen LogP contribution in [0.15, 0.2) is 0 Å². The highest BCUT2D eigenvalue weighted by Crippen LogP contribution is 2.28. The molecule has 1 aliphatic rings. The summed E-state index contributed by atoms with van der Waals surface area (Å²) in [5, 5.41) is 4.52. The molecule has 0 radical (unpaired) electrons. The third-order valence-corrected chi connectivity index (χ3v) is 3.38. The summed E-state index contributed by atoms with van der Waals surface area (Å²) in [6, 6.07) is 1.45. The van der Waals surface area contributed by atoms with Crippen molar-refractivity contribution in [2.45, 2.75) is 50.4 Å². The van der Waals surface area contributed by atoms with Gasteiger partial charge in [-0.2, -0.15) is 11.8 Å². The number of nitrogens with one attached hydrogen (secondary N) is 1. The molecule has 1 N–H and O–H groups in total. The first-order valence-corrected chi connectivity index (χ1v) is 5.80. The second-order valence-electron chi connectivity index (χ2n) is 3.69. The Morgan fingerprint density at radius 3 is 2.55 bits per heavy atom. The van der Waals surface area contributed by atoms with Gasteiger partial charge < -0.3 is 5.32 Å². The van der Waals surface area contributed by atoms with Crippen molar-refractivity contribution in [1.82, 2.24) is 5.32 Å². The van der Waals surface area contributed by atoms with Crippen molar-refractivity contribution >= 4 is 11.8 Å². The van der Waals surface area contributed by atoms with Gasteiger partial charge in [0.05, 0.1) is 0 Å². The van der Waals surface area contributed by atoms with Gasteiger partial charge in [-0.05, 0) is 25.5 Å². The van der Waals surface area contributed by atoms with Gasteiger partial charge in [0, 0.05) is 17.3 Å². The molecule has 0 bridgehead atoms. The zero-order valence-corrected chi connectivity index (χ0v) is 8.58. The molecule has 2 unspecified atom stereocenters. The van der Waals surface area contributed by atoms with E-state index in [1.165, 1.54) is 19.3 Å². The molecular weight excluding hydrogens is 154 g/mol. The summed E-state index contributed by atoms with van der Waals surface area (Å²) in [7, 11) is 0. The maximum Gasteiger partial charge on any atom is 0.00803 e. The van der Waals surface area contributed by atoms with Gasteiger partial charge in [0.2, 0.25) is 0 Å². The average Bonchev–Trinajstić information content (AvgIpc) is 2.34. The van der Waals surface area contributed by atoms with E-state index in [1.807, 2.05) is 11.8 Å². The third kappa shape index (κ3) is 3.04. The normalized spacial score (nSPS) is 31.6. The molecule has 0 spiro atoms. The molecule has 0 aliphatic heterocycles. The van der Waals surface area contributed by atoms with Crippen LogP contribution < -0.4 is 5.32 Å². The van der Waals surface area contributed by atoms with Crippen LogP contribution in [0.4, 0.5) is 0 Å². The standard InChI is InChI=1S/C9H19NS/c1-7(2)10-8-4-5-9(6-8)11-3/h7-10H,4-6H2,1-3H3. The first-order chi connectivity index (χ1) is 5.22. The zero-order chi connectivity index (χ0) is 8.27. The van der Waals surface area contributed by atoms with E-state index < -0.39 is 0 Å². The molecule has 2 atom stereocenters. The lowest BCUT2D eigenvalue weighted by molar-refractivity contribution is 0.472. The largest absolute Gasteiger partial charge is 0.312 e. The number of hydrogen-bond donors (Lipinski definition) is 1. The molecule has 0 aromatic rings. The van der Waals surface area contributed by atoms with Crippen molar-refractivity contribution < 1.29 is 0 Å². The van der Waals surface area contributed by atoms with Crippen LogP contribution in [0.1, 0.15) is 33.1 Å². The van der Waals surface area contributed by atoms with Gasteiger partial charge in [-0.25, -0.2) is 0 Å². The second-order valence-corrected chi connectivity index (χ2v) is 4.83. The Hall–Kier alpha value is 0.310. The molecule has 11 heavy (non-hydrogen) atoms. The molecule has 1 saturated carbocycles. The molecule has 1 rings (SSSR count). The first kappa shape index (κ1) is 9.40. The van der Waals surface area contributed by atoms with Crippen molar-refractivity contribution in [1.29, 1.82) is 0 Å². The fraction of sp³-hybridized carbons (Fsp3) is 1.00. The topological polar surface area (TPSA) is 12.0 Å². The lowest BCUT2D eigenvalue weighted by Crippen LogP contribution is -2.32. The van der Waals surface area contributed by atoms with Crippen molar-refractivity contribution in [3.05, 3.63) is 0 Å². The van der Waals surface area contributed by atoms with E-state index in [2.05, 4.69) is 25.4 Å². The van der Waals surface area contributed by atoms with Gasteiger partial charge in [0.1, 0.15) is 0 Å². The minimum Gasteiger partial charge on any atom is -0.312 e. The Morgan fingerprint density at radius 1 is 1.36 bits per heavy atom. The van der Waals surface area contributed by atoms with Crippen LogP contribution in [0, 0.1) is 0 Å². The minimum atomic E-state index is 0.653. The zero-order valence-electron chi connectivity index (χ0n) is 7.76. The van der Waals surface area contributed by atoms with Crippen LogP contribution in [-0.2, 0) is 0 Å². The fourth-order valence-corrected chi connectivity index (χ4v) is 2.57. The molecule has 0 aromatic carbocycles. The fourth-order valence-electron chi connectivity index (χ4n) is 1.78. The lowest BCUT2D eigenvalue weighted by Gasteiger charge is -2.15. The van der Waals surface area contributed by atoms with Gasteiger partial charge in [-0.3, -0.25) is 0 Å². The molecule has 0 aromatic heterocycles. The lowest BCUT2D eigenvalue weighted by atomic mass is 10.2. The van der Waals surface area contributed by atoms with Gasteiger partial charge in [0.15, 0.2) is 0 Å². The second kappa shape index (κ2) is 4.36.